The maximum Gasteiger partial charge on any atom is 0.410 e. The summed E-state index contributed by atoms with van der Waals surface area (Å²) in [4.78, 5) is 25.1. The van der Waals surface area contributed by atoms with Gasteiger partial charge in [-0.3, -0.25) is 9.69 Å². The van der Waals surface area contributed by atoms with E-state index in [1.165, 1.54) is 0 Å². The van der Waals surface area contributed by atoms with Gasteiger partial charge in [0.1, 0.15) is 18.9 Å². The summed E-state index contributed by atoms with van der Waals surface area (Å²) in [5.41, 5.74) is 0.740. The van der Waals surface area contributed by atoms with Gasteiger partial charge in [0.25, 0.3) is 0 Å². The summed E-state index contributed by atoms with van der Waals surface area (Å²) < 4.78 is 8.32. The first-order valence-corrected chi connectivity index (χ1v) is 10.4. The molecular formula is C18H24Cl3NO5S. The van der Waals surface area contributed by atoms with Crippen LogP contribution in [0.4, 0.5) is 4.79 Å². The van der Waals surface area contributed by atoms with Crippen molar-refractivity contribution in [2.24, 2.45) is 0 Å². The topological polar surface area (TPSA) is 76.1 Å². The minimum atomic E-state index is -1.79. The Labute approximate surface area is 184 Å². The molecule has 1 aromatic rings. The first kappa shape index (κ1) is 25.0. The van der Waals surface area contributed by atoms with Gasteiger partial charge >= 0.3 is 12.1 Å². The Morgan fingerprint density at radius 3 is 2.18 bits per heavy atom. The number of nitrogens with zero attached hydrogens (tertiary/aromatic N) is 1. The van der Waals surface area contributed by atoms with Gasteiger partial charge in [-0.1, -0.05) is 67.7 Å². The molecule has 28 heavy (non-hydrogen) atoms. The van der Waals surface area contributed by atoms with Crippen LogP contribution in [0.15, 0.2) is 24.3 Å². The SMILES string of the molecule is COc1ccc(C(CSC(C)(C)C)N(CC(=O)O)C(=O)OCC(Cl)(Cl)Cl)cc1. The molecule has 6 nitrogen and oxygen atoms in total. The van der Waals surface area contributed by atoms with Gasteiger partial charge < -0.3 is 14.6 Å². The minimum absolute atomic E-state index is 0.0961. The Hall–Kier alpha value is -1.02. The molecule has 1 unspecified atom stereocenters. The average molecular weight is 473 g/mol. The predicted octanol–water partition coefficient (Wildman–Crippen LogP) is 5.16. The predicted molar refractivity (Wildman–Crippen MR) is 114 cm³/mol. The number of rotatable bonds is 8. The molecule has 0 aromatic heterocycles. The highest BCUT2D eigenvalue weighted by atomic mass is 35.6. The van der Waals surface area contributed by atoms with Crippen molar-refractivity contribution in [2.75, 3.05) is 26.0 Å². The molecule has 0 fully saturated rings. The molecule has 0 radical (unpaired) electrons. The number of carbonyl (C=O) groups excluding carboxylic acids is 1. The van der Waals surface area contributed by atoms with Gasteiger partial charge in [-0.25, -0.2) is 4.79 Å². The fourth-order valence-corrected chi connectivity index (χ4v) is 3.39. The third-order valence-electron chi connectivity index (χ3n) is 3.45. The lowest BCUT2D eigenvalue weighted by Crippen LogP contribution is -2.41. The van der Waals surface area contributed by atoms with Crippen LogP contribution < -0.4 is 4.74 Å². The van der Waals surface area contributed by atoms with E-state index in [0.29, 0.717) is 11.5 Å². The van der Waals surface area contributed by atoms with Gasteiger partial charge in [0, 0.05) is 10.5 Å². The Morgan fingerprint density at radius 1 is 1.18 bits per heavy atom. The summed E-state index contributed by atoms with van der Waals surface area (Å²) >= 11 is 18.5. The normalized spacial score (nSPS) is 13.0. The van der Waals surface area contributed by atoms with Gasteiger partial charge in [0.2, 0.25) is 3.79 Å². The molecule has 1 N–H and O–H groups in total. The number of benzene rings is 1. The highest BCUT2D eigenvalue weighted by molar-refractivity contribution is 8.00. The van der Waals surface area contributed by atoms with Crippen LogP contribution in [-0.2, 0) is 9.53 Å². The van der Waals surface area contributed by atoms with Crippen LogP contribution in [0, 0.1) is 0 Å². The molecule has 0 aliphatic carbocycles. The van der Waals surface area contributed by atoms with Gasteiger partial charge in [0.15, 0.2) is 0 Å². The molecule has 0 heterocycles. The Balaban J connectivity index is 3.19. The van der Waals surface area contributed by atoms with E-state index in [1.54, 1.807) is 43.1 Å². The van der Waals surface area contributed by atoms with E-state index in [4.69, 9.17) is 44.3 Å². The lowest BCUT2D eigenvalue weighted by Gasteiger charge is -2.32. The van der Waals surface area contributed by atoms with E-state index >= 15 is 0 Å². The molecule has 0 bridgehead atoms. The van der Waals surface area contributed by atoms with E-state index in [0.717, 1.165) is 10.5 Å². The van der Waals surface area contributed by atoms with Crippen LogP contribution in [0.25, 0.3) is 0 Å². The summed E-state index contributed by atoms with van der Waals surface area (Å²) in [7, 11) is 1.55. The quantitative estimate of drug-likeness (QED) is 0.527. The molecule has 1 amide bonds. The number of hydrogen-bond donors (Lipinski definition) is 1. The number of aliphatic carboxylic acids is 1. The molecule has 0 aliphatic rings. The number of carboxylic acid groups (broad SMARTS) is 1. The smallest absolute Gasteiger partial charge is 0.410 e. The van der Waals surface area contributed by atoms with Gasteiger partial charge in [-0.05, 0) is 17.7 Å². The Morgan fingerprint density at radius 2 is 1.75 bits per heavy atom. The van der Waals surface area contributed by atoms with Crippen LogP contribution >= 0.6 is 46.6 Å². The van der Waals surface area contributed by atoms with Gasteiger partial charge in [-0.2, -0.15) is 11.8 Å². The van der Waals surface area contributed by atoms with E-state index in [-0.39, 0.29) is 4.75 Å². The first-order valence-electron chi connectivity index (χ1n) is 8.32. The molecule has 0 saturated heterocycles. The molecular weight excluding hydrogens is 449 g/mol. The third-order valence-corrected chi connectivity index (χ3v) is 5.13. The van der Waals surface area contributed by atoms with E-state index < -0.39 is 35.0 Å². The van der Waals surface area contributed by atoms with Gasteiger partial charge in [-0.15, -0.1) is 0 Å². The number of alkyl halides is 3. The second-order valence-corrected chi connectivity index (χ2v) is 11.3. The maximum atomic E-state index is 12.6. The lowest BCUT2D eigenvalue weighted by atomic mass is 10.1. The molecule has 0 saturated carbocycles. The molecule has 1 atom stereocenters. The molecule has 158 valence electrons. The zero-order valence-corrected chi connectivity index (χ0v) is 19.2. The van der Waals surface area contributed by atoms with E-state index in [1.807, 2.05) is 20.8 Å². The zero-order valence-electron chi connectivity index (χ0n) is 16.1. The number of amides is 1. The van der Waals surface area contributed by atoms with Crippen molar-refractivity contribution in [2.45, 2.75) is 35.4 Å². The molecule has 1 aromatic carbocycles. The first-order chi connectivity index (χ1) is 12.8. The summed E-state index contributed by atoms with van der Waals surface area (Å²) in [6.45, 7) is 5.05. The van der Waals surface area contributed by atoms with Crippen molar-refractivity contribution in [3.05, 3.63) is 29.8 Å². The number of thioether (sulfide) groups is 1. The number of ether oxygens (including phenoxy) is 2. The van der Waals surface area contributed by atoms with Crippen LogP contribution in [0.3, 0.4) is 0 Å². The third kappa shape index (κ3) is 9.45. The minimum Gasteiger partial charge on any atom is -0.497 e. The summed E-state index contributed by atoms with van der Waals surface area (Å²) in [6.07, 6.45) is -0.871. The number of halogens is 3. The second kappa shape index (κ2) is 10.7. The largest absolute Gasteiger partial charge is 0.497 e. The monoisotopic (exact) mass is 471 g/mol. The van der Waals surface area contributed by atoms with Crippen LogP contribution in [0.2, 0.25) is 0 Å². The standard InChI is InChI=1S/C18H24Cl3NO5S/c1-17(2,3)28-10-14(12-5-7-13(26-4)8-6-12)22(9-15(23)24)16(25)27-11-18(19,20)21/h5-8,14H,9-11H2,1-4H3,(H,23,24). The van der Waals surface area contributed by atoms with E-state index in [2.05, 4.69) is 0 Å². The Bertz CT molecular complexity index is 659. The molecule has 0 aliphatic heterocycles. The van der Waals surface area contributed by atoms with Gasteiger partial charge in [0.05, 0.1) is 13.2 Å². The van der Waals surface area contributed by atoms with Crippen molar-refractivity contribution in [1.29, 1.82) is 0 Å². The highest BCUT2D eigenvalue weighted by Gasteiger charge is 2.32. The molecule has 10 heteroatoms. The van der Waals surface area contributed by atoms with Crippen molar-refractivity contribution < 1.29 is 24.2 Å². The number of methoxy groups -OCH3 is 1. The highest BCUT2D eigenvalue weighted by Crippen LogP contribution is 2.33. The molecule has 0 spiro atoms. The van der Waals surface area contributed by atoms with Crippen LogP contribution in [0.5, 0.6) is 5.75 Å². The van der Waals surface area contributed by atoms with Crippen LogP contribution in [-0.4, -0.2) is 56.6 Å². The lowest BCUT2D eigenvalue weighted by molar-refractivity contribution is -0.138. The number of carboxylic acids is 1. The number of hydrogen-bond acceptors (Lipinski definition) is 5. The maximum absolute atomic E-state index is 12.6. The van der Waals surface area contributed by atoms with E-state index in [9.17, 15) is 14.7 Å². The fourth-order valence-electron chi connectivity index (χ4n) is 2.20. The summed E-state index contributed by atoms with van der Waals surface area (Å²) in [5.74, 6) is -0.0777. The summed E-state index contributed by atoms with van der Waals surface area (Å²) in [6, 6.07) is 6.49. The molecule has 1 rings (SSSR count). The summed E-state index contributed by atoms with van der Waals surface area (Å²) in [5, 5.41) is 9.31. The van der Waals surface area contributed by atoms with Crippen molar-refractivity contribution >= 4 is 58.6 Å². The van der Waals surface area contributed by atoms with Crippen molar-refractivity contribution in [1.82, 2.24) is 4.90 Å². The zero-order chi connectivity index (χ0) is 21.5. The van der Waals surface area contributed by atoms with Crippen molar-refractivity contribution in [3.8, 4) is 5.75 Å². The van der Waals surface area contributed by atoms with Crippen molar-refractivity contribution in [3.63, 3.8) is 0 Å². The second-order valence-electron chi connectivity index (χ2n) is 6.90. The van der Waals surface area contributed by atoms with Crippen LogP contribution in [0.1, 0.15) is 32.4 Å². The number of carbonyl (C=O) groups is 2. The Kier molecular flexibility index (Phi) is 9.53. The average Bonchev–Trinajstić information content (AvgIpc) is 2.57. The fraction of sp³-hybridized carbons (Fsp3) is 0.556.